The monoisotopic (exact) mass is 267 g/mol. The summed E-state index contributed by atoms with van der Waals surface area (Å²) in [5.41, 5.74) is 6.87. The molecule has 1 amide bonds. The van der Waals surface area contributed by atoms with Crippen molar-refractivity contribution in [2.24, 2.45) is 11.7 Å². The molecule has 100 valence electrons. The Morgan fingerprint density at radius 1 is 1.50 bits per heavy atom. The highest BCUT2D eigenvalue weighted by Crippen LogP contribution is 2.27. The van der Waals surface area contributed by atoms with Gasteiger partial charge in [-0.15, -0.1) is 11.3 Å². The first-order valence-corrected chi connectivity index (χ1v) is 7.29. The van der Waals surface area contributed by atoms with Crippen LogP contribution in [0.3, 0.4) is 0 Å². The third-order valence-electron chi connectivity index (χ3n) is 3.54. The third-order valence-corrected chi connectivity index (χ3v) is 4.79. The van der Waals surface area contributed by atoms with Crippen LogP contribution in [0.4, 0.5) is 0 Å². The Balaban J connectivity index is 1.97. The fraction of sp³-hybridized carbons (Fsp3) is 0.692. The molecule has 3 unspecified atom stereocenters. The number of carbonyl (C=O) groups is 1. The van der Waals surface area contributed by atoms with Crippen molar-refractivity contribution in [2.45, 2.75) is 52.1 Å². The molecular weight excluding hydrogens is 246 g/mol. The van der Waals surface area contributed by atoms with Gasteiger partial charge < -0.3 is 11.1 Å². The lowest BCUT2D eigenvalue weighted by Gasteiger charge is -2.16. The zero-order valence-electron chi connectivity index (χ0n) is 11.2. The van der Waals surface area contributed by atoms with Crippen LogP contribution < -0.4 is 11.1 Å². The van der Waals surface area contributed by atoms with Crippen LogP contribution in [-0.4, -0.2) is 16.9 Å². The summed E-state index contributed by atoms with van der Waals surface area (Å²) in [4.78, 5) is 17.7. The van der Waals surface area contributed by atoms with E-state index in [1.54, 1.807) is 11.3 Å². The molecule has 1 saturated carbocycles. The molecule has 1 aromatic rings. The summed E-state index contributed by atoms with van der Waals surface area (Å²) < 4.78 is 0. The van der Waals surface area contributed by atoms with Crippen LogP contribution in [0.15, 0.2) is 0 Å². The highest BCUT2D eigenvalue weighted by molar-refractivity contribution is 7.11. The molecule has 18 heavy (non-hydrogen) atoms. The molecular formula is C13H21N3OS. The Morgan fingerprint density at radius 2 is 2.22 bits per heavy atom. The first-order valence-electron chi connectivity index (χ1n) is 6.47. The standard InChI is InChI=1S/C13H21N3OS/c1-7-12(18-9(3)15-7)8(2)16-13(17)10-4-5-11(14)6-10/h8,10-11H,4-6,14H2,1-3H3,(H,16,17). The van der Waals surface area contributed by atoms with Gasteiger partial charge in [-0.2, -0.15) is 0 Å². The van der Waals surface area contributed by atoms with E-state index in [-0.39, 0.29) is 23.9 Å². The van der Waals surface area contributed by atoms with Crippen molar-refractivity contribution in [3.8, 4) is 0 Å². The summed E-state index contributed by atoms with van der Waals surface area (Å²) in [6.45, 7) is 6.01. The molecule has 1 fully saturated rings. The van der Waals surface area contributed by atoms with E-state index in [2.05, 4.69) is 10.3 Å². The Kier molecular flexibility index (Phi) is 4.02. The van der Waals surface area contributed by atoms with Crippen LogP contribution >= 0.6 is 11.3 Å². The predicted octanol–water partition coefficient (Wildman–Crippen LogP) is 2.06. The van der Waals surface area contributed by atoms with Gasteiger partial charge in [-0.25, -0.2) is 4.98 Å². The number of nitrogens with zero attached hydrogens (tertiary/aromatic N) is 1. The normalized spacial score (nSPS) is 25.1. The molecule has 0 bridgehead atoms. The molecule has 2 rings (SSSR count). The number of rotatable bonds is 3. The van der Waals surface area contributed by atoms with Crippen molar-refractivity contribution in [3.05, 3.63) is 15.6 Å². The molecule has 4 nitrogen and oxygen atoms in total. The predicted molar refractivity (Wildman–Crippen MR) is 73.5 cm³/mol. The van der Waals surface area contributed by atoms with E-state index in [1.807, 2.05) is 20.8 Å². The number of nitrogens with one attached hydrogen (secondary N) is 1. The van der Waals surface area contributed by atoms with Gasteiger partial charge in [0.1, 0.15) is 0 Å². The average molecular weight is 267 g/mol. The first-order chi connectivity index (χ1) is 8.47. The summed E-state index contributed by atoms with van der Waals surface area (Å²) >= 11 is 1.66. The van der Waals surface area contributed by atoms with Crippen molar-refractivity contribution in [1.82, 2.24) is 10.3 Å². The molecule has 0 aromatic carbocycles. The second kappa shape index (κ2) is 5.36. The Morgan fingerprint density at radius 3 is 2.72 bits per heavy atom. The van der Waals surface area contributed by atoms with Gasteiger partial charge in [0.05, 0.1) is 16.7 Å². The fourth-order valence-corrected chi connectivity index (χ4v) is 3.53. The zero-order valence-corrected chi connectivity index (χ0v) is 12.0. The fourth-order valence-electron chi connectivity index (χ4n) is 2.60. The van der Waals surface area contributed by atoms with Crippen molar-refractivity contribution in [2.75, 3.05) is 0 Å². The summed E-state index contributed by atoms with van der Waals surface area (Å²) in [5, 5.41) is 4.14. The number of carbonyl (C=O) groups excluding carboxylic acids is 1. The Hall–Kier alpha value is -0.940. The maximum Gasteiger partial charge on any atom is 0.223 e. The molecule has 0 radical (unpaired) electrons. The van der Waals surface area contributed by atoms with E-state index in [0.717, 1.165) is 34.8 Å². The number of nitrogens with two attached hydrogens (primary N) is 1. The molecule has 1 heterocycles. The molecule has 3 atom stereocenters. The third kappa shape index (κ3) is 2.90. The van der Waals surface area contributed by atoms with Crippen LogP contribution in [0.25, 0.3) is 0 Å². The van der Waals surface area contributed by atoms with Gasteiger partial charge in [0.2, 0.25) is 5.91 Å². The number of amides is 1. The lowest BCUT2D eigenvalue weighted by atomic mass is 10.1. The maximum absolute atomic E-state index is 12.1. The van der Waals surface area contributed by atoms with Gasteiger partial charge in [-0.1, -0.05) is 0 Å². The van der Waals surface area contributed by atoms with E-state index in [1.165, 1.54) is 0 Å². The lowest BCUT2D eigenvalue weighted by Crippen LogP contribution is -2.32. The van der Waals surface area contributed by atoms with Gasteiger partial charge in [0, 0.05) is 16.8 Å². The number of aryl methyl sites for hydroxylation is 2. The van der Waals surface area contributed by atoms with E-state index >= 15 is 0 Å². The van der Waals surface area contributed by atoms with Gasteiger partial charge >= 0.3 is 0 Å². The second-order valence-electron chi connectivity index (χ2n) is 5.18. The first kappa shape index (κ1) is 13.5. The summed E-state index contributed by atoms with van der Waals surface area (Å²) in [6, 6.07) is 0.240. The van der Waals surface area contributed by atoms with Gasteiger partial charge in [0.25, 0.3) is 0 Å². The topological polar surface area (TPSA) is 68.0 Å². The van der Waals surface area contributed by atoms with Crippen LogP contribution in [0, 0.1) is 19.8 Å². The largest absolute Gasteiger partial charge is 0.348 e. The highest BCUT2D eigenvalue weighted by Gasteiger charge is 2.29. The van der Waals surface area contributed by atoms with Gasteiger partial charge in [0.15, 0.2) is 0 Å². The van der Waals surface area contributed by atoms with Crippen molar-refractivity contribution in [3.63, 3.8) is 0 Å². The number of thiazole rings is 1. The Bertz CT molecular complexity index is 443. The average Bonchev–Trinajstić information content (AvgIpc) is 2.84. The molecule has 1 aromatic heterocycles. The minimum atomic E-state index is 0.0422. The van der Waals surface area contributed by atoms with Crippen LogP contribution in [-0.2, 0) is 4.79 Å². The van der Waals surface area contributed by atoms with Gasteiger partial charge in [-0.3, -0.25) is 4.79 Å². The summed E-state index contributed by atoms with van der Waals surface area (Å²) in [6.07, 6.45) is 2.70. The minimum absolute atomic E-state index is 0.0422. The lowest BCUT2D eigenvalue weighted by molar-refractivity contribution is -0.125. The second-order valence-corrected chi connectivity index (χ2v) is 6.42. The van der Waals surface area contributed by atoms with Crippen molar-refractivity contribution in [1.29, 1.82) is 0 Å². The minimum Gasteiger partial charge on any atom is -0.348 e. The van der Waals surface area contributed by atoms with Crippen LogP contribution in [0.1, 0.15) is 47.8 Å². The van der Waals surface area contributed by atoms with E-state index < -0.39 is 0 Å². The van der Waals surface area contributed by atoms with Crippen molar-refractivity contribution >= 4 is 17.2 Å². The quantitative estimate of drug-likeness (QED) is 0.881. The summed E-state index contributed by atoms with van der Waals surface area (Å²) in [5.74, 6) is 0.234. The maximum atomic E-state index is 12.1. The van der Waals surface area contributed by atoms with Gasteiger partial charge in [-0.05, 0) is 40.0 Å². The number of hydrogen-bond acceptors (Lipinski definition) is 4. The molecule has 0 aliphatic heterocycles. The Labute approximate surface area is 112 Å². The molecule has 0 saturated heterocycles. The number of aromatic nitrogens is 1. The van der Waals surface area contributed by atoms with E-state index in [9.17, 15) is 4.79 Å². The molecule has 1 aliphatic rings. The zero-order chi connectivity index (χ0) is 13.3. The molecule has 5 heteroatoms. The van der Waals surface area contributed by atoms with E-state index in [0.29, 0.717) is 0 Å². The van der Waals surface area contributed by atoms with Crippen LogP contribution in [0.5, 0.6) is 0 Å². The highest BCUT2D eigenvalue weighted by atomic mass is 32.1. The number of hydrogen-bond donors (Lipinski definition) is 2. The smallest absolute Gasteiger partial charge is 0.223 e. The van der Waals surface area contributed by atoms with Crippen molar-refractivity contribution < 1.29 is 4.79 Å². The SMILES string of the molecule is Cc1nc(C)c(C(C)NC(=O)C2CCC(N)C2)s1. The van der Waals surface area contributed by atoms with E-state index in [4.69, 9.17) is 5.73 Å². The molecule has 0 spiro atoms. The summed E-state index contributed by atoms with van der Waals surface area (Å²) in [7, 11) is 0. The molecule has 1 aliphatic carbocycles. The molecule has 3 N–H and O–H groups in total. The van der Waals surface area contributed by atoms with Crippen LogP contribution in [0.2, 0.25) is 0 Å².